The smallest absolute Gasteiger partial charge is 0.255 e. The average molecular weight is 419 g/mol. The van der Waals surface area contributed by atoms with Gasteiger partial charge in [0, 0.05) is 31.3 Å². The highest BCUT2D eigenvalue weighted by atomic mass is 35.5. The third-order valence-electron chi connectivity index (χ3n) is 5.28. The fraction of sp³-hybridized carbons (Fsp3) is 0.333. The van der Waals surface area contributed by atoms with Crippen LogP contribution in [0.25, 0.3) is 0 Å². The van der Waals surface area contributed by atoms with E-state index in [0.717, 1.165) is 16.8 Å². The number of fused-ring (bicyclic) bond motifs is 1. The van der Waals surface area contributed by atoms with Crippen LogP contribution < -0.4 is 10.2 Å². The molecule has 152 valence electrons. The fourth-order valence-electron chi connectivity index (χ4n) is 3.76. The number of ether oxygens (including phenoxy) is 2. The van der Waals surface area contributed by atoms with Crippen LogP contribution in [0.4, 0.5) is 10.1 Å². The van der Waals surface area contributed by atoms with Crippen molar-refractivity contribution in [2.45, 2.75) is 18.6 Å². The zero-order valence-electron chi connectivity index (χ0n) is 15.8. The molecule has 0 saturated carbocycles. The summed E-state index contributed by atoms with van der Waals surface area (Å²) >= 11 is 5.95. The molecule has 1 fully saturated rings. The van der Waals surface area contributed by atoms with Gasteiger partial charge in [-0.3, -0.25) is 9.59 Å². The largest absolute Gasteiger partial charge is 0.352 e. The van der Waals surface area contributed by atoms with E-state index < -0.39 is 17.5 Å². The van der Waals surface area contributed by atoms with Crippen molar-refractivity contribution in [3.63, 3.8) is 0 Å². The SMILES string of the molecule is CN1C(=O)Cc2cc(C3(CCNC(=O)c4c(F)cccc4Cl)OCCO3)ccc21. The second-order valence-corrected chi connectivity index (χ2v) is 7.43. The molecule has 2 aliphatic rings. The predicted octanol–water partition coefficient (Wildman–Crippen LogP) is 3.02. The summed E-state index contributed by atoms with van der Waals surface area (Å²) in [4.78, 5) is 25.9. The second-order valence-electron chi connectivity index (χ2n) is 7.03. The molecule has 0 atom stereocenters. The molecule has 0 radical (unpaired) electrons. The van der Waals surface area contributed by atoms with Crippen LogP contribution in [-0.2, 0) is 26.5 Å². The summed E-state index contributed by atoms with van der Waals surface area (Å²) in [5, 5.41) is 2.74. The number of carbonyl (C=O) groups excluding carboxylic acids is 2. The Bertz CT molecular complexity index is 955. The number of nitrogens with zero attached hydrogens (tertiary/aromatic N) is 1. The third-order valence-corrected chi connectivity index (χ3v) is 5.59. The maximum absolute atomic E-state index is 13.9. The number of benzene rings is 2. The first-order chi connectivity index (χ1) is 13.9. The van der Waals surface area contributed by atoms with Crippen molar-refractivity contribution in [3.05, 3.63) is 63.9 Å². The lowest BCUT2D eigenvalue weighted by atomic mass is 9.98. The minimum Gasteiger partial charge on any atom is -0.352 e. The van der Waals surface area contributed by atoms with E-state index in [1.54, 1.807) is 11.9 Å². The number of likely N-dealkylation sites (N-methyl/N-ethyl adjacent to an activating group) is 1. The van der Waals surface area contributed by atoms with E-state index in [9.17, 15) is 14.0 Å². The van der Waals surface area contributed by atoms with Crippen LogP contribution in [0, 0.1) is 5.82 Å². The molecule has 0 aliphatic carbocycles. The van der Waals surface area contributed by atoms with Crippen LogP contribution in [0.2, 0.25) is 5.02 Å². The Morgan fingerprint density at radius 2 is 2.03 bits per heavy atom. The molecule has 4 rings (SSSR count). The van der Waals surface area contributed by atoms with Gasteiger partial charge in [0.25, 0.3) is 5.91 Å². The summed E-state index contributed by atoms with van der Waals surface area (Å²) in [6.45, 7) is 1.03. The number of rotatable bonds is 5. The Labute approximate surface area is 172 Å². The second kappa shape index (κ2) is 7.74. The van der Waals surface area contributed by atoms with Gasteiger partial charge in [0.1, 0.15) is 5.82 Å². The Hall–Kier alpha value is -2.48. The first kappa shape index (κ1) is 19.8. The molecule has 2 aliphatic heterocycles. The molecule has 2 aromatic rings. The van der Waals surface area contributed by atoms with Gasteiger partial charge in [0.05, 0.1) is 30.2 Å². The van der Waals surface area contributed by atoms with Gasteiger partial charge in [-0.1, -0.05) is 23.7 Å². The van der Waals surface area contributed by atoms with Crippen LogP contribution >= 0.6 is 11.6 Å². The number of hydrogen-bond acceptors (Lipinski definition) is 4. The minimum atomic E-state index is -1.02. The van der Waals surface area contributed by atoms with Gasteiger partial charge in [-0.2, -0.15) is 0 Å². The number of amides is 2. The van der Waals surface area contributed by atoms with Crippen molar-refractivity contribution in [3.8, 4) is 0 Å². The summed E-state index contributed by atoms with van der Waals surface area (Å²) in [6.07, 6.45) is 0.658. The van der Waals surface area contributed by atoms with Crippen LogP contribution in [0.1, 0.15) is 27.9 Å². The summed E-state index contributed by atoms with van der Waals surface area (Å²) in [6, 6.07) is 9.76. The highest BCUT2D eigenvalue weighted by Gasteiger charge is 2.39. The van der Waals surface area contributed by atoms with Crippen molar-refractivity contribution in [2.24, 2.45) is 0 Å². The summed E-state index contributed by atoms with van der Waals surface area (Å²) in [5.74, 6) is -2.26. The first-order valence-corrected chi connectivity index (χ1v) is 9.69. The number of halogens is 2. The Morgan fingerprint density at radius 3 is 2.76 bits per heavy atom. The highest BCUT2D eigenvalue weighted by molar-refractivity contribution is 6.33. The quantitative estimate of drug-likeness (QED) is 0.810. The molecule has 6 nitrogen and oxygen atoms in total. The van der Waals surface area contributed by atoms with Crippen molar-refractivity contribution in [1.29, 1.82) is 0 Å². The number of nitrogens with one attached hydrogen (secondary N) is 1. The molecule has 0 bridgehead atoms. The molecule has 2 amide bonds. The van der Waals surface area contributed by atoms with Gasteiger partial charge in [-0.25, -0.2) is 4.39 Å². The third kappa shape index (κ3) is 3.61. The molecule has 29 heavy (non-hydrogen) atoms. The van der Waals surface area contributed by atoms with Gasteiger partial charge in [-0.05, 0) is 29.8 Å². The number of carbonyl (C=O) groups is 2. The van der Waals surface area contributed by atoms with E-state index >= 15 is 0 Å². The lowest BCUT2D eigenvalue weighted by Crippen LogP contribution is -2.34. The summed E-state index contributed by atoms with van der Waals surface area (Å²) in [5.41, 5.74) is 2.38. The van der Waals surface area contributed by atoms with Gasteiger partial charge in [0.2, 0.25) is 5.91 Å². The number of anilines is 1. The molecular weight excluding hydrogens is 399 g/mol. The van der Waals surface area contributed by atoms with Crippen molar-refractivity contribution in [1.82, 2.24) is 5.32 Å². The molecule has 1 saturated heterocycles. The normalized spacial score (nSPS) is 17.5. The molecule has 8 heteroatoms. The predicted molar refractivity (Wildman–Crippen MR) is 105 cm³/mol. The van der Waals surface area contributed by atoms with Crippen molar-refractivity contribution in [2.75, 3.05) is 31.7 Å². The maximum atomic E-state index is 13.9. The molecule has 2 heterocycles. The lowest BCUT2D eigenvalue weighted by molar-refractivity contribution is -0.169. The van der Waals surface area contributed by atoms with Crippen LogP contribution in [0.3, 0.4) is 0 Å². The molecule has 1 N–H and O–H groups in total. The van der Waals surface area contributed by atoms with Gasteiger partial charge >= 0.3 is 0 Å². The average Bonchev–Trinajstić information content (AvgIpc) is 3.27. The number of hydrogen-bond donors (Lipinski definition) is 1. The molecule has 0 spiro atoms. The minimum absolute atomic E-state index is 0.0356. The zero-order valence-corrected chi connectivity index (χ0v) is 16.6. The Kier molecular flexibility index (Phi) is 5.29. The van der Waals surface area contributed by atoms with E-state index in [4.69, 9.17) is 21.1 Å². The molecule has 0 unspecified atom stereocenters. The van der Waals surface area contributed by atoms with Gasteiger partial charge in [0.15, 0.2) is 5.79 Å². The summed E-state index contributed by atoms with van der Waals surface area (Å²) in [7, 11) is 1.75. The van der Waals surface area contributed by atoms with Crippen LogP contribution in [-0.4, -0.2) is 38.6 Å². The van der Waals surface area contributed by atoms with Crippen molar-refractivity contribution >= 4 is 29.1 Å². The molecule has 2 aromatic carbocycles. The van der Waals surface area contributed by atoms with E-state index in [2.05, 4.69) is 5.32 Å². The highest BCUT2D eigenvalue weighted by Crippen LogP contribution is 2.38. The van der Waals surface area contributed by atoms with E-state index in [1.165, 1.54) is 18.2 Å². The first-order valence-electron chi connectivity index (χ1n) is 9.31. The maximum Gasteiger partial charge on any atom is 0.255 e. The van der Waals surface area contributed by atoms with Crippen LogP contribution in [0.5, 0.6) is 0 Å². The molecular formula is C21H20ClFN2O4. The van der Waals surface area contributed by atoms with Crippen LogP contribution in [0.15, 0.2) is 36.4 Å². The van der Waals surface area contributed by atoms with Gasteiger partial charge < -0.3 is 19.7 Å². The lowest BCUT2D eigenvalue weighted by Gasteiger charge is -2.28. The van der Waals surface area contributed by atoms with E-state index in [-0.39, 0.29) is 23.0 Å². The zero-order chi connectivity index (χ0) is 20.6. The van der Waals surface area contributed by atoms with Gasteiger partial charge in [-0.15, -0.1) is 0 Å². The molecule has 0 aromatic heterocycles. The monoisotopic (exact) mass is 418 g/mol. The Morgan fingerprint density at radius 1 is 1.28 bits per heavy atom. The summed E-state index contributed by atoms with van der Waals surface area (Å²) < 4.78 is 25.7. The van der Waals surface area contributed by atoms with E-state index in [0.29, 0.717) is 26.1 Å². The van der Waals surface area contributed by atoms with E-state index in [1.807, 2.05) is 18.2 Å². The topological polar surface area (TPSA) is 67.9 Å². The standard InChI is InChI=1S/C21H20ClFN2O4/c1-25-17-6-5-14(11-13(17)12-18(25)26)21(28-9-10-29-21)7-8-24-20(27)19-15(22)3-2-4-16(19)23/h2-6,11H,7-10,12H2,1H3,(H,24,27). The Balaban J connectivity index is 1.50. The fourth-order valence-corrected chi connectivity index (χ4v) is 4.01. The van der Waals surface area contributed by atoms with Crippen molar-refractivity contribution < 1.29 is 23.5 Å².